The summed E-state index contributed by atoms with van der Waals surface area (Å²) in [6, 6.07) is 22.1. The molecule has 0 bridgehead atoms. The predicted molar refractivity (Wildman–Crippen MR) is 147 cm³/mol. The van der Waals surface area contributed by atoms with Crippen LogP contribution in [0.15, 0.2) is 77.8 Å². The molecule has 2 heterocycles. The van der Waals surface area contributed by atoms with E-state index < -0.39 is 11.9 Å². The monoisotopic (exact) mass is 510 g/mol. The number of amides is 2. The van der Waals surface area contributed by atoms with Gasteiger partial charge in [0.15, 0.2) is 0 Å². The van der Waals surface area contributed by atoms with Crippen molar-refractivity contribution in [2.75, 3.05) is 44.0 Å². The molecule has 2 aliphatic rings. The van der Waals surface area contributed by atoms with Crippen molar-refractivity contribution in [2.45, 2.75) is 18.8 Å². The number of likely N-dealkylation sites (tertiary alicyclic amines) is 1. The van der Waals surface area contributed by atoms with Crippen molar-refractivity contribution in [3.63, 3.8) is 0 Å². The standard InChI is InChI=1S/C30H30N4O4/c1-33(26(35)19-34-16-6-7-17-34)23-13-11-22(12-14-23)31-28(20-8-4-3-5-9-20)27-24-15-10-21(30(37)38-2)18-25(24)32-29(27)36/h3-5,8-15,18,27H,6-7,16-17,19H2,1-2H3,(H,32,36). The Morgan fingerprint density at radius 2 is 1.71 bits per heavy atom. The maximum Gasteiger partial charge on any atom is 0.337 e. The van der Waals surface area contributed by atoms with E-state index in [1.54, 1.807) is 30.1 Å². The van der Waals surface area contributed by atoms with E-state index >= 15 is 0 Å². The molecule has 1 atom stereocenters. The van der Waals surface area contributed by atoms with Gasteiger partial charge in [-0.1, -0.05) is 36.4 Å². The molecule has 0 aromatic heterocycles. The molecule has 2 amide bonds. The molecule has 2 aliphatic heterocycles. The molecule has 1 N–H and O–H groups in total. The first kappa shape index (κ1) is 25.4. The highest BCUT2D eigenvalue weighted by Gasteiger charge is 2.36. The number of carbonyl (C=O) groups excluding carboxylic acids is 3. The normalized spacial score (nSPS) is 17.2. The van der Waals surface area contributed by atoms with E-state index in [4.69, 9.17) is 9.73 Å². The first-order valence-corrected chi connectivity index (χ1v) is 12.7. The van der Waals surface area contributed by atoms with Crippen molar-refractivity contribution in [1.29, 1.82) is 0 Å². The third-order valence-electron chi connectivity index (χ3n) is 7.07. The smallest absolute Gasteiger partial charge is 0.337 e. The summed E-state index contributed by atoms with van der Waals surface area (Å²) in [6.45, 7) is 2.36. The van der Waals surface area contributed by atoms with Crippen molar-refractivity contribution in [2.24, 2.45) is 4.99 Å². The molecule has 8 heteroatoms. The van der Waals surface area contributed by atoms with E-state index in [9.17, 15) is 14.4 Å². The van der Waals surface area contributed by atoms with E-state index in [0.29, 0.717) is 29.2 Å². The van der Waals surface area contributed by atoms with E-state index in [2.05, 4.69) is 10.2 Å². The minimum Gasteiger partial charge on any atom is -0.465 e. The van der Waals surface area contributed by atoms with Gasteiger partial charge in [0, 0.05) is 18.4 Å². The third kappa shape index (κ3) is 5.21. The van der Waals surface area contributed by atoms with Crippen LogP contribution < -0.4 is 10.2 Å². The lowest BCUT2D eigenvalue weighted by atomic mass is 9.90. The molecule has 0 radical (unpaired) electrons. The predicted octanol–water partition coefficient (Wildman–Crippen LogP) is 4.39. The summed E-state index contributed by atoms with van der Waals surface area (Å²) in [5.74, 6) is -1.28. The lowest BCUT2D eigenvalue weighted by Gasteiger charge is -2.21. The molecule has 1 unspecified atom stereocenters. The number of nitrogens with zero attached hydrogens (tertiary/aromatic N) is 3. The number of anilines is 2. The first-order valence-electron chi connectivity index (χ1n) is 12.7. The maximum atomic E-state index is 13.2. The van der Waals surface area contributed by atoms with Crippen LogP contribution in [0.1, 0.15) is 40.2 Å². The van der Waals surface area contributed by atoms with Crippen molar-refractivity contribution in [3.05, 3.63) is 89.5 Å². The van der Waals surface area contributed by atoms with Crippen LogP contribution in [0.5, 0.6) is 0 Å². The topological polar surface area (TPSA) is 91.3 Å². The Kier molecular flexibility index (Phi) is 7.33. The summed E-state index contributed by atoms with van der Waals surface area (Å²) in [5.41, 5.74) is 4.55. The minimum absolute atomic E-state index is 0.0543. The maximum absolute atomic E-state index is 13.2. The number of likely N-dealkylation sites (N-methyl/N-ethyl adjacent to an activating group) is 1. The number of carbonyl (C=O) groups is 3. The van der Waals surface area contributed by atoms with E-state index in [0.717, 1.165) is 42.7 Å². The number of hydrogen-bond donors (Lipinski definition) is 1. The highest BCUT2D eigenvalue weighted by Crippen LogP contribution is 2.37. The van der Waals surface area contributed by atoms with Crippen LogP contribution in [0, 0.1) is 0 Å². The highest BCUT2D eigenvalue weighted by atomic mass is 16.5. The van der Waals surface area contributed by atoms with E-state index in [1.165, 1.54) is 7.11 Å². The van der Waals surface area contributed by atoms with Crippen molar-refractivity contribution >= 4 is 40.6 Å². The van der Waals surface area contributed by atoms with Crippen molar-refractivity contribution in [1.82, 2.24) is 4.90 Å². The van der Waals surface area contributed by atoms with Crippen molar-refractivity contribution in [3.8, 4) is 0 Å². The second kappa shape index (κ2) is 11.0. The third-order valence-corrected chi connectivity index (χ3v) is 7.07. The number of esters is 1. The van der Waals surface area contributed by atoms with Gasteiger partial charge in [-0.25, -0.2) is 4.79 Å². The molecule has 194 valence electrons. The second-order valence-corrected chi connectivity index (χ2v) is 9.53. The van der Waals surface area contributed by atoms with Gasteiger partial charge >= 0.3 is 5.97 Å². The van der Waals surface area contributed by atoms with Gasteiger partial charge in [-0.3, -0.25) is 19.5 Å². The molecule has 38 heavy (non-hydrogen) atoms. The van der Waals surface area contributed by atoms with Crippen molar-refractivity contribution < 1.29 is 19.1 Å². The number of aliphatic imine (C=N–C) groups is 1. The number of hydrogen-bond acceptors (Lipinski definition) is 6. The number of benzene rings is 3. The van der Waals surface area contributed by atoms with Gasteiger partial charge in [-0.05, 0) is 73.5 Å². The number of methoxy groups -OCH3 is 1. The SMILES string of the molecule is COC(=O)c1ccc2c(c1)NC(=O)C2C(=Nc1ccc(N(C)C(=O)CN2CCCC2)cc1)c1ccccc1. The second-order valence-electron chi connectivity index (χ2n) is 9.53. The Bertz CT molecular complexity index is 1380. The van der Waals surface area contributed by atoms with Crippen LogP contribution in [0.2, 0.25) is 0 Å². The zero-order valence-electron chi connectivity index (χ0n) is 21.5. The molecular formula is C30H30N4O4. The quantitative estimate of drug-likeness (QED) is 0.376. The summed E-state index contributed by atoms with van der Waals surface area (Å²) in [7, 11) is 3.11. The number of fused-ring (bicyclic) bond motifs is 1. The molecule has 0 spiro atoms. The first-order chi connectivity index (χ1) is 18.4. The number of rotatable bonds is 7. The Morgan fingerprint density at radius 1 is 1.00 bits per heavy atom. The average molecular weight is 511 g/mol. The van der Waals surface area contributed by atoms with Gasteiger partial charge in [-0.15, -0.1) is 0 Å². The van der Waals surface area contributed by atoms with Gasteiger partial charge in [0.25, 0.3) is 0 Å². The Labute approximate surface area is 221 Å². The molecular weight excluding hydrogens is 480 g/mol. The zero-order valence-corrected chi connectivity index (χ0v) is 21.5. The van der Waals surface area contributed by atoms with Gasteiger partial charge in [0.1, 0.15) is 5.92 Å². The Balaban J connectivity index is 1.44. The fraction of sp³-hybridized carbons (Fsp3) is 0.267. The summed E-state index contributed by atoms with van der Waals surface area (Å²) in [4.78, 5) is 46.7. The molecule has 1 fully saturated rings. The molecule has 5 rings (SSSR count). The van der Waals surface area contributed by atoms with Gasteiger partial charge < -0.3 is 15.0 Å². The molecule has 0 aliphatic carbocycles. The lowest BCUT2D eigenvalue weighted by molar-refractivity contribution is -0.119. The summed E-state index contributed by atoms with van der Waals surface area (Å²) in [6.07, 6.45) is 2.28. The Morgan fingerprint density at radius 3 is 2.39 bits per heavy atom. The number of ether oxygens (including phenoxy) is 1. The van der Waals surface area contributed by atoms with Crippen LogP contribution in [0.4, 0.5) is 17.1 Å². The van der Waals surface area contributed by atoms with Crippen LogP contribution in [-0.4, -0.2) is 62.2 Å². The number of nitrogens with one attached hydrogen (secondary N) is 1. The molecule has 3 aromatic carbocycles. The largest absolute Gasteiger partial charge is 0.465 e. The average Bonchev–Trinajstić information content (AvgIpc) is 3.58. The van der Waals surface area contributed by atoms with Crippen LogP contribution in [0.3, 0.4) is 0 Å². The molecule has 1 saturated heterocycles. The highest BCUT2D eigenvalue weighted by molar-refractivity contribution is 6.24. The van der Waals surface area contributed by atoms with Gasteiger partial charge in [0.2, 0.25) is 11.8 Å². The molecule has 3 aromatic rings. The molecule has 0 saturated carbocycles. The summed E-state index contributed by atoms with van der Waals surface area (Å²) in [5, 5.41) is 2.89. The van der Waals surface area contributed by atoms with Crippen LogP contribution in [0.25, 0.3) is 0 Å². The fourth-order valence-electron chi connectivity index (χ4n) is 4.96. The molecule has 8 nitrogen and oxygen atoms in total. The van der Waals surface area contributed by atoms with E-state index in [1.807, 2.05) is 54.6 Å². The van der Waals surface area contributed by atoms with Crippen LogP contribution >= 0.6 is 0 Å². The Hall–Kier alpha value is -4.30. The van der Waals surface area contributed by atoms with E-state index in [-0.39, 0.29) is 11.8 Å². The van der Waals surface area contributed by atoms with Crippen LogP contribution in [-0.2, 0) is 14.3 Å². The zero-order chi connectivity index (χ0) is 26.6. The lowest BCUT2D eigenvalue weighted by Crippen LogP contribution is -2.37. The minimum atomic E-state index is -0.650. The van der Waals surface area contributed by atoms with Gasteiger partial charge in [0.05, 0.1) is 30.6 Å². The van der Waals surface area contributed by atoms with Gasteiger partial charge in [-0.2, -0.15) is 0 Å². The summed E-state index contributed by atoms with van der Waals surface area (Å²) >= 11 is 0. The fourth-order valence-corrected chi connectivity index (χ4v) is 4.96. The summed E-state index contributed by atoms with van der Waals surface area (Å²) < 4.78 is 4.82.